The molecule has 2 aromatic rings. The normalized spacial score (nSPS) is 16.5. The molecule has 166 valence electrons. The Kier molecular flexibility index (Phi) is 7.36. The molecule has 0 aromatic heterocycles. The molecule has 0 atom stereocenters. The van der Waals surface area contributed by atoms with Crippen molar-refractivity contribution in [3.8, 4) is 11.5 Å². The van der Waals surface area contributed by atoms with E-state index in [0.717, 1.165) is 61.5 Å². The van der Waals surface area contributed by atoms with Crippen molar-refractivity contribution >= 4 is 23.2 Å². The third kappa shape index (κ3) is 5.34. The maximum absolute atomic E-state index is 13.1. The standard InChI is InChI=1S/C25H31ClN2O3/c1-2-3-15-30-21-7-8-22-19(17-21)10-13-28(25(22)29)20-6-9-24(23(26)18-20)31-16-14-27-11-4-5-12-27/h6-9,17-18H,2-5,10-16H2,1H3. The van der Waals surface area contributed by atoms with E-state index in [2.05, 4.69) is 11.8 Å². The van der Waals surface area contributed by atoms with E-state index in [1.165, 1.54) is 12.8 Å². The number of amides is 1. The first-order chi connectivity index (χ1) is 15.2. The fraction of sp³-hybridized carbons (Fsp3) is 0.480. The van der Waals surface area contributed by atoms with E-state index in [-0.39, 0.29) is 5.91 Å². The topological polar surface area (TPSA) is 42.0 Å². The molecular formula is C25H31ClN2O3. The van der Waals surface area contributed by atoms with Crippen LogP contribution in [0, 0.1) is 0 Å². The minimum atomic E-state index is 0.000117. The molecule has 0 saturated carbocycles. The predicted octanol–water partition coefficient (Wildman–Crippen LogP) is 5.20. The molecule has 0 unspecified atom stereocenters. The summed E-state index contributed by atoms with van der Waals surface area (Å²) in [7, 11) is 0. The van der Waals surface area contributed by atoms with Gasteiger partial charge in [-0.3, -0.25) is 9.69 Å². The number of likely N-dealkylation sites (tertiary alicyclic amines) is 1. The van der Waals surface area contributed by atoms with Gasteiger partial charge in [-0.25, -0.2) is 0 Å². The first kappa shape index (κ1) is 22.0. The van der Waals surface area contributed by atoms with Gasteiger partial charge < -0.3 is 14.4 Å². The smallest absolute Gasteiger partial charge is 0.258 e. The van der Waals surface area contributed by atoms with Gasteiger partial charge >= 0.3 is 0 Å². The quantitative estimate of drug-likeness (QED) is 0.501. The third-order valence-corrected chi connectivity index (χ3v) is 6.31. The van der Waals surface area contributed by atoms with Crippen molar-refractivity contribution in [2.75, 3.05) is 44.3 Å². The summed E-state index contributed by atoms with van der Waals surface area (Å²) in [6.45, 7) is 7.32. The van der Waals surface area contributed by atoms with Gasteiger partial charge in [0.1, 0.15) is 18.1 Å². The molecule has 2 aromatic carbocycles. The Morgan fingerprint density at radius 2 is 1.84 bits per heavy atom. The van der Waals surface area contributed by atoms with Gasteiger partial charge in [-0.1, -0.05) is 24.9 Å². The van der Waals surface area contributed by atoms with Crippen molar-refractivity contribution in [1.29, 1.82) is 0 Å². The van der Waals surface area contributed by atoms with Crippen LogP contribution < -0.4 is 14.4 Å². The molecule has 2 heterocycles. The van der Waals surface area contributed by atoms with Gasteiger partial charge in [0.25, 0.3) is 5.91 Å². The Bertz CT molecular complexity index is 912. The van der Waals surface area contributed by atoms with Crippen LogP contribution in [0.25, 0.3) is 0 Å². The predicted molar refractivity (Wildman–Crippen MR) is 125 cm³/mol. The Hall–Kier alpha value is -2.24. The van der Waals surface area contributed by atoms with Crippen LogP contribution in [0.4, 0.5) is 5.69 Å². The average molecular weight is 443 g/mol. The summed E-state index contributed by atoms with van der Waals surface area (Å²) in [5, 5.41) is 0.539. The highest BCUT2D eigenvalue weighted by Crippen LogP contribution is 2.33. The zero-order valence-corrected chi connectivity index (χ0v) is 19.0. The summed E-state index contributed by atoms with van der Waals surface area (Å²) in [5.74, 6) is 1.51. The zero-order valence-electron chi connectivity index (χ0n) is 18.2. The highest BCUT2D eigenvalue weighted by molar-refractivity contribution is 6.32. The number of nitrogens with zero attached hydrogens (tertiary/aromatic N) is 2. The van der Waals surface area contributed by atoms with Gasteiger partial charge in [-0.2, -0.15) is 0 Å². The maximum atomic E-state index is 13.1. The number of carbonyl (C=O) groups is 1. The lowest BCUT2D eigenvalue weighted by Gasteiger charge is -2.29. The summed E-state index contributed by atoms with van der Waals surface area (Å²) in [6, 6.07) is 11.4. The molecule has 1 amide bonds. The molecule has 0 spiro atoms. The summed E-state index contributed by atoms with van der Waals surface area (Å²) in [6.07, 6.45) is 5.47. The SMILES string of the molecule is CCCCOc1ccc2c(c1)CCN(c1ccc(OCCN3CCCC3)c(Cl)c1)C2=O. The highest BCUT2D eigenvalue weighted by atomic mass is 35.5. The number of fused-ring (bicyclic) bond motifs is 1. The van der Waals surface area contributed by atoms with E-state index in [4.69, 9.17) is 21.1 Å². The monoisotopic (exact) mass is 442 g/mol. The van der Waals surface area contributed by atoms with E-state index < -0.39 is 0 Å². The van der Waals surface area contributed by atoms with Gasteiger partial charge in [-0.05, 0) is 80.7 Å². The van der Waals surface area contributed by atoms with Crippen LogP contribution in [-0.2, 0) is 6.42 Å². The van der Waals surface area contributed by atoms with E-state index >= 15 is 0 Å². The number of benzene rings is 2. The van der Waals surface area contributed by atoms with Crippen LogP contribution >= 0.6 is 11.6 Å². The summed E-state index contributed by atoms with van der Waals surface area (Å²) >= 11 is 6.48. The molecule has 0 aliphatic carbocycles. The number of unbranched alkanes of at least 4 members (excludes halogenated alkanes) is 1. The lowest BCUT2D eigenvalue weighted by atomic mass is 9.98. The van der Waals surface area contributed by atoms with Crippen LogP contribution in [0.15, 0.2) is 36.4 Å². The van der Waals surface area contributed by atoms with Gasteiger partial charge in [0.05, 0.1) is 11.6 Å². The Labute approximate surface area is 189 Å². The van der Waals surface area contributed by atoms with Crippen LogP contribution in [0.2, 0.25) is 5.02 Å². The fourth-order valence-corrected chi connectivity index (χ4v) is 4.43. The lowest BCUT2D eigenvalue weighted by Crippen LogP contribution is -2.37. The molecule has 0 radical (unpaired) electrons. The van der Waals surface area contributed by atoms with E-state index in [1.54, 1.807) is 4.90 Å². The van der Waals surface area contributed by atoms with Crippen molar-refractivity contribution in [3.05, 3.63) is 52.5 Å². The molecule has 2 aliphatic heterocycles. The van der Waals surface area contributed by atoms with Crippen molar-refractivity contribution < 1.29 is 14.3 Å². The zero-order chi connectivity index (χ0) is 21.6. The fourth-order valence-electron chi connectivity index (χ4n) is 4.20. The van der Waals surface area contributed by atoms with Crippen molar-refractivity contribution in [1.82, 2.24) is 4.90 Å². The van der Waals surface area contributed by atoms with E-state index in [9.17, 15) is 4.79 Å². The number of hydrogen-bond acceptors (Lipinski definition) is 4. The van der Waals surface area contributed by atoms with Gasteiger partial charge in [-0.15, -0.1) is 0 Å². The van der Waals surface area contributed by atoms with Gasteiger partial charge in [0, 0.05) is 24.3 Å². The molecule has 2 aliphatic rings. The second-order valence-electron chi connectivity index (χ2n) is 8.24. The average Bonchev–Trinajstić information content (AvgIpc) is 3.29. The van der Waals surface area contributed by atoms with Crippen LogP contribution in [0.1, 0.15) is 48.5 Å². The molecule has 31 heavy (non-hydrogen) atoms. The number of ether oxygens (including phenoxy) is 2. The molecule has 1 fully saturated rings. The van der Waals surface area contributed by atoms with Crippen LogP contribution in [0.5, 0.6) is 11.5 Å². The second kappa shape index (κ2) is 10.4. The first-order valence-electron chi connectivity index (χ1n) is 11.4. The number of rotatable bonds is 9. The molecule has 0 bridgehead atoms. The van der Waals surface area contributed by atoms with E-state index in [0.29, 0.717) is 30.5 Å². The molecule has 1 saturated heterocycles. The van der Waals surface area contributed by atoms with Gasteiger partial charge in [0.15, 0.2) is 0 Å². The molecule has 5 nitrogen and oxygen atoms in total. The Morgan fingerprint density at radius 1 is 1.00 bits per heavy atom. The third-order valence-electron chi connectivity index (χ3n) is 6.01. The molecule has 0 N–H and O–H groups in total. The number of halogens is 1. The summed E-state index contributed by atoms with van der Waals surface area (Å²) in [5.41, 5.74) is 2.58. The van der Waals surface area contributed by atoms with Crippen molar-refractivity contribution in [2.45, 2.75) is 39.0 Å². The Balaban J connectivity index is 1.39. The lowest BCUT2D eigenvalue weighted by molar-refractivity contribution is 0.0980. The van der Waals surface area contributed by atoms with Gasteiger partial charge in [0.2, 0.25) is 0 Å². The second-order valence-corrected chi connectivity index (χ2v) is 8.65. The first-order valence-corrected chi connectivity index (χ1v) is 11.8. The number of carbonyl (C=O) groups excluding carboxylic acids is 1. The maximum Gasteiger partial charge on any atom is 0.258 e. The number of hydrogen-bond donors (Lipinski definition) is 0. The molecule has 4 rings (SSSR count). The van der Waals surface area contributed by atoms with E-state index in [1.807, 2.05) is 36.4 Å². The van der Waals surface area contributed by atoms with Crippen molar-refractivity contribution in [3.63, 3.8) is 0 Å². The largest absolute Gasteiger partial charge is 0.494 e. The van der Waals surface area contributed by atoms with Crippen LogP contribution in [-0.4, -0.2) is 50.2 Å². The highest BCUT2D eigenvalue weighted by Gasteiger charge is 2.26. The number of anilines is 1. The molecule has 6 heteroatoms. The summed E-state index contributed by atoms with van der Waals surface area (Å²) < 4.78 is 11.7. The molecular weight excluding hydrogens is 412 g/mol. The minimum absolute atomic E-state index is 0.000117. The van der Waals surface area contributed by atoms with Crippen LogP contribution in [0.3, 0.4) is 0 Å². The Morgan fingerprint density at radius 3 is 2.61 bits per heavy atom. The minimum Gasteiger partial charge on any atom is -0.494 e. The van der Waals surface area contributed by atoms with Crippen molar-refractivity contribution in [2.24, 2.45) is 0 Å². The summed E-state index contributed by atoms with van der Waals surface area (Å²) in [4.78, 5) is 17.3.